The third kappa shape index (κ3) is 10.1. The third-order valence-corrected chi connectivity index (χ3v) is 9.03. The average Bonchev–Trinajstić information content (AvgIpc) is 3.02. The minimum atomic E-state index is -1.77. The molecule has 0 aromatic rings. The fourth-order valence-electron chi connectivity index (χ4n) is 5.81. The molecule has 0 radical (unpaired) electrons. The molecule has 3 rings (SSSR count). The summed E-state index contributed by atoms with van der Waals surface area (Å²) in [6, 6.07) is 0. The predicted octanol–water partition coefficient (Wildman–Crippen LogP) is -0.0759. The highest BCUT2D eigenvalue weighted by Gasteiger charge is 2.53. The molecule has 0 aliphatic carbocycles. The first-order valence-electron chi connectivity index (χ1n) is 16.3. The summed E-state index contributed by atoms with van der Waals surface area (Å²) in [5.41, 5.74) is 1.48. The maximum Gasteiger partial charge on any atom is 0.188 e. The molecular formula is C33H56O14. The van der Waals surface area contributed by atoms with Gasteiger partial charge in [0.05, 0.1) is 24.4 Å². The van der Waals surface area contributed by atoms with E-state index in [1.54, 1.807) is 13.0 Å². The summed E-state index contributed by atoms with van der Waals surface area (Å²) in [5, 5.41) is 84.0. The van der Waals surface area contributed by atoms with E-state index < -0.39 is 104 Å². The van der Waals surface area contributed by atoms with Gasteiger partial charge in [-0.05, 0) is 67.2 Å². The first kappa shape index (κ1) is 40.1. The number of aliphatic hydroxyl groups excluding tert-OH is 8. The van der Waals surface area contributed by atoms with Crippen LogP contribution < -0.4 is 0 Å². The van der Waals surface area contributed by atoms with Crippen molar-refractivity contribution in [3.63, 3.8) is 0 Å². The largest absolute Gasteiger partial charge is 0.394 e. The fraction of sp³-hybridized carbons (Fsp3) is 0.818. The van der Waals surface area contributed by atoms with E-state index in [2.05, 4.69) is 39.5 Å². The van der Waals surface area contributed by atoms with Crippen LogP contribution in [-0.4, -0.2) is 145 Å². The molecule has 47 heavy (non-hydrogen) atoms. The third-order valence-electron chi connectivity index (χ3n) is 9.03. The Labute approximate surface area is 276 Å². The molecule has 3 saturated heterocycles. The van der Waals surface area contributed by atoms with Crippen molar-refractivity contribution in [3.05, 3.63) is 36.0 Å². The maximum absolute atomic E-state index is 11.1. The lowest BCUT2D eigenvalue weighted by molar-refractivity contribution is -0.385. The fourth-order valence-corrected chi connectivity index (χ4v) is 5.81. The number of allylic oxidation sites excluding steroid dienone is 4. The van der Waals surface area contributed by atoms with E-state index in [-0.39, 0.29) is 0 Å². The molecule has 1 unspecified atom stereocenters. The van der Waals surface area contributed by atoms with Gasteiger partial charge in [0, 0.05) is 0 Å². The normalized spacial score (nSPS) is 42.9. The quantitative estimate of drug-likeness (QED) is 0.113. The molecule has 0 aromatic heterocycles. The minimum Gasteiger partial charge on any atom is -0.394 e. The van der Waals surface area contributed by atoms with Gasteiger partial charge in [-0.2, -0.15) is 0 Å². The van der Waals surface area contributed by atoms with E-state index in [0.717, 1.165) is 12.8 Å². The van der Waals surface area contributed by atoms with Crippen LogP contribution in [0.1, 0.15) is 67.2 Å². The van der Waals surface area contributed by atoms with Gasteiger partial charge in [-0.1, -0.05) is 29.4 Å². The Hall–Kier alpha value is -1.34. The lowest BCUT2D eigenvalue weighted by Crippen LogP contribution is -2.66. The van der Waals surface area contributed by atoms with Crippen LogP contribution in [0, 0.1) is 0 Å². The molecule has 3 fully saturated rings. The molecule has 3 aliphatic heterocycles. The molecule has 8 N–H and O–H groups in total. The molecule has 14 heteroatoms. The van der Waals surface area contributed by atoms with E-state index in [1.807, 2.05) is 0 Å². The zero-order valence-corrected chi connectivity index (χ0v) is 28.2. The zero-order valence-electron chi connectivity index (χ0n) is 28.2. The van der Waals surface area contributed by atoms with E-state index in [4.69, 9.17) is 28.4 Å². The van der Waals surface area contributed by atoms with Crippen LogP contribution in [0.5, 0.6) is 0 Å². The molecule has 0 bridgehead atoms. The van der Waals surface area contributed by atoms with E-state index in [1.165, 1.54) is 25.0 Å². The van der Waals surface area contributed by atoms with Crippen LogP contribution in [0.2, 0.25) is 0 Å². The summed E-state index contributed by atoms with van der Waals surface area (Å²) in [4.78, 5) is 0. The van der Waals surface area contributed by atoms with Gasteiger partial charge in [0.2, 0.25) is 0 Å². The summed E-state index contributed by atoms with van der Waals surface area (Å²) >= 11 is 0. The van der Waals surface area contributed by atoms with E-state index in [9.17, 15) is 40.9 Å². The SMILES string of the molecule is C=CC(C)(CC/C=C(\C)CCC=C(C)C)O[C@@H]1O[C@H](CO)[C@@H](O)[C@H](O)[C@H]1O[C@@H]1O[C@@H](C)[C@H](O[C@@H]2O[C@@H](C)[C@H](O)[C@@H](O)[C@H]2O)[C@@H](O)[C@H]1O. The molecule has 0 amide bonds. The standard InChI is InChI=1S/C33H56O14/c1-8-33(7,14-10-13-17(4)12-9-11-16(2)3)47-32-29(24(38)22(36)20(15-34)44-32)46-31-27(41)25(39)28(19(6)43-31)45-30-26(40)23(37)21(35)18(5)42-30/h8,11,13,18-32,34-41H,1,9-10,12,14-15H2,2-7H3/b17-13+/t18-,19-,20+,21-,22+,23+,24-,25-,26+,27+,28-,29+,30-,31-,32-,33?/m0/s1. The van der Waals surface area contributed by atoms with Crippen LogP contribution in [0.25, 0.3) is 0 Å². The minimum absolute atomic E-state index is 0.474. The Kier molecular flexibility index (Phi) is 15.0. The second-order valence-electron chi connectivity index (χ2n) is 13.3. The van der Waals surface area contributed by atoms with Crippen molar-refractivity contribution in [3.8, 4) is 0 Å². The lowest BCUT2D eigenvalue weighted by Gasteiger charge is -2.48. The smallest absolute Gasteiger partial charge is 0.188 e. The summed E-state index contributed by atoms with van der Waals surface area (Å²) in [6.07, 6.45) is -12.6. The predicted molar refractivity (Wildman–Crippen MR) is 168 cm³/mol. The molecule has 3 heterocycles. The number of ether oxygens (including phenoxy) is 6. The number of hydrogen-bond donors (Lipinski definition) is 8. The molecule has 0 aromatic carbocycles. The highest BCUT2D eigenvalue weighted by Crippen LogP contribution is 2.34. The van der Waals surface area contributed by atoms with Gasteiger partial charge in [0.25, 0.3) is 0 Å². The Morgan fingerprint density at radius 2 is 1.28 bits per heavy atom. The van der Waals surface area contributed by atoms with E-state index in [0.29, 0.717) is 12.8 Å². The number of aliphatic hydroxyl groups is 8. The molecule has 272 valence electrons. The van der Waals surface area contributed by atoms with Gasteiger partial charge in [0.15, 0.2) is 18.9 Å². The van der Waals surface area contributed by atoms with Crippen molar-refractivity contribution in [1.82, 2.24) is 0 Å². The van der Waals surface area contributed by atoms with Gasteiger partial charge < -0.3 is 69.3 Å². The first-order chi connectivity index (χ1) is 22.0. The summed E-state index contributed by atoms with van der Waals surface area (Å²) in [7, 11) is 0. The van der Waals surface area contributed by atoms with Crippen molar-refractivity contribution in [2.75, 3.05) is 6.61 Å². The van der Waals surface area contributed by atoms with Crippen LogP contribution in [0.3, 0.4) is 0 Å². The molecule has 3 aliphatic rings. The second-order valence-corrected chi connectivity index (χ2v) is 13.3. The lowest BCUT2D eigenvalue weighted by atomic mass is 9.95. The second kappa shape index (κ2) is 17.5. The van der Waals surface area contributed by atoms with Crippen molar-refractivity contribution in [2.24, 2.45) is 0 Å². The van der Waals surface area contributed by atoms with Gasteiger partial charge >= 0.3 is 0 Å². The molecule has 16 atom stereocenters. The van der Waals surface area contributed by atoms with Crippen molar-refractivity contribution < 1.29 is 69.3 Å². The van der Waals surface area contributed by atoms with Gasteiger partial charge in [-0.3, -0.25) is 0 Å². The Morgan fingerprint density at radius 1 is 0.702 bits per heavy atom. The van der Waals surface area contributed by atoms with Crippen LogP contribution in [0.4, 0.5) is 0 Å². The number of rotatable bonds is 14. The number of hydrogen-bond acceptors (Lipinski definition) is 14. The van der Waals surface area contributed by atoms with Crippen molar-refractivity contribution in [1.29, 1.82) is 0 Å². The molecule has 0 saturated carbocycles. The van der Waals surface area contributed by atoms with Crippen LogP contribution in [0.15, 0.2) is 36.0 Å². The van der Waals surface area contributed by atoms with Crippen LogP contribution in [-0.2, 0) is 28.4 Å². The molecule has 0 spiro atoms. The van der Waals surface area contributed by atoms with Gasteiger partial charge in [-0.15, -0.1) is 6.58 Å². The summed E-state index contributed by atoms with van der Waals surface area (Å²) < 4.78 is 35.0. The highest BCUT2D eigenvalue weighted by atomic mass is 16.8. The average molecular weight is 677 g/mol. The monoisotopic (exact) mass is 676 g/mol. The first-order valence-corrected chi connectivity index (χ1v) is 16.3. The Bertz CT molecular complexity index is 1050. The van der Waals surface area contributed by atoms with Gasteiger partial charge in [0.1, 0.15) is 61.0 Å². The molecule has 14 nitrogen and oxygen atoms in total. The summed E-state index contributed by atoms with van der Waals surface area (Å²) in [5.74, 6) is 0. The topological polar surface area (TPSA) is 217 Å². The maximum atomic E-state index is 11.1. The Morgan fingerprint density at radius 3 is 1.87 bits per heavy atom. The van der Waals surface area contributed by atoms with E-state index >= 15 is 0 Å². The zero-order chi connectivity index (χ0) is 35.2. The highest BCUT2D eigenvalue weighted by molar-refractivity contribution is 5.05. The van der Waals surface area contributed by atoms with Crippen LogP contribution >= 0.6 is 0 Å². The van der Waals surface area contributed by atoms with Gasteiger partial charge in [-0.25, -0.2) is 0 Å². The Balaban J connectivity index is 1.72. The van der Waals surface area contributed by atoms with Crippen molar-refractivity contribution in [2.45, 2.75) is 165 Å². The van der Waals surface area contributed by atoms with Crippen molar-refractivity contribution >= 4 is 0 Å². The summed E-state index contributed by atoms with van der Waals surface area (Å²) in [6.45, 7) is 14.2. The molecular weight excluding hydrogens is 620 g/mol.